The second-order valence-corrected chi connectivity index (χ2v) is 4.80. The summed E-state index contributed by atoms with van der Waals surface area (Å²) in [5.74, 6) is 0. The second kappa shape index (κ2) is 5.61. The van der Waals surface area contributed by atoms with Gasteiger partial charge in [0.05, 0.1) is 0 Å². The fourth-order valence-corrected chi connectivity index (χ4v) is 2.33. The lowest BCUT2D eigenvalue weighted by molar-refractivity contribution is 0.863. The summed E-state index contributed by atoms with van der Waals surface area (Å²) in [5.41, 5.74) is 3.79. The number of rotatable bonds is 5. The molecule has 1 heterocycles. The average molecular weight is 250 g/mol. The molecule has 19 heavy (non-hydrogen) atoms. The van der Waals surface area contributed by atoms with Crippen molar-refractivity contribution in [2.75, 3.05) is 11.9 Å². The SMILES string of the molecule is c1ccc(CCCNc2ccc3[nH]ccc3c2)cc1. The van der Waals surface area contributed by atoms with Crippen molar-refractivity contribution in [3.05, 3.63) is 66.4 Å². The molecule has 0 aliphatic rings. The van der Waals surface area contributed by atoms with Gasteiger partial charge in [0.2, 0.25) is 0 Å². The van der Waals surface area contributed by atoms with Crippen LogP contribution in [0.3, 0.4) is 0 Å². The first-order valence-electron chi connectivity index (χ1n) is 6.77. The summed E-state index contributed by atoms with van der Waals surface area (Å²) in [7, 11) is 0. The third-order valence-electron chi connectivity index (χ3n) is 3.37. The van der Waals surface area contributed by atoms with Crippen LogP contribution in [0.1, 0.15) is 12.0 Å². The number of hydrogen-bond donors (Lipinski definition) is 2. The van der Waals surface area contributed by atoms with E-state index in [1.807, 2.05) is 6.20 Å². The van der Waals surface area contributed by atoms with Crippen LogP contribution in [0, 0.1) is 0 Å². The summed E-state index contributed by atoms with van der Waals surface area (Å²) in [6, 6.07) is 19.2. The van der Waals surface area contributed by atoms with E-state index in [0.717, 1.165) is 19.4 Å². The van der Waals surface area contributed by atoms with Crippen molar-refractivity contribution in [3.8, 4) is 0 Å². The highest BCUT2D eigenvalue weighted by Gasteiger charge is 1.97. The van der Waals surface area contributed by atoms with E-state index in [4.69, 9.17) is 0 Å². The number of anilines is 1. The van der Waals surface area contributed by atoms with Gasteiger partial charge < -0.3 is 10.3 Å². The predicted molar refractivity (Wildman–Crippen MR) is 81.6 cm³/mol. The van der Waals surface area contributed by atoms with E-state index < -0.39 is 0 Å². The first-order valence-corrected chi connectivity index (χ1v) is 6.77. The number of aromatic amines is 1. The third-order valence-corrected chi connectivity index (χ3v) is 3.37. The van der Waals surface area contributed by atoms with Crippen molar-refractivity contribution in [1.29, 1.82) is 0 Å². The quantitative estimate of drug-likeness (QED) is 0.652. The van der Waals surface area contributed by atoms with Crippen molar-refractivity contribution in [3.63, 3.8) is 0 Å². The van der Waals surface area contributed by atoms with Crippen molar-refractivity contribution in [2.45, 2.75) is 12.8 Å². The van der Waals surface area contributed by atoms with Gasteiger partial charge in [0.15, 0.2) is 0 Å². The summed E-state index contributed by atoms with van der Waals surface area (Å²) in [4.78, 5) is 3.21. The predicted octanol–water partition coefficient (Wildman–Crippen LogP) is 4.21. The molecule has 0 radical (unpaired) electrons. The minimum Gasteiger partial charge on any atom is -0.385 e. The normalized spacial score (nSPS) is 10.7. The standard InChI is InChI=1S/C17H18N2/c1-2-5-14(6-3-1)7-4-11-18-16-8-9-17-15(13-16)10-12-19-17/h1-3,5-6,8-10,12-13,18-19H,4,7,11H2. The zero-order valence-corrected chi connectivity index (χ0v) is 10.9. The first-order chi connectivity index (χ1) is 9.42. The van der Waals surface area contributed by atoms with Gasteiger partial charge in [-0.3, -0.25) is 0 Å². The van der Waals surface area contributed by atoms with Crippen LogP contribution in [0.15, 0.2) is 60.8 Å². The minimum absolute atomic E-state index is 1.00. The molecule has 1 aromatic heterocycles. The van der Waals surface area contributed by atoms with Crippen LogP contribution in [0.25, 0.3) is 10.9 Å². The van der Waals surface area contributed by atoms with Crippen LogP contribution >= 0.6 is 0 Å². The van der Waals surface area contributed by atoms with Gasteiger partial charge in [-0.15, -0.1) is 0 Å². The molecular formula is C17H18N2. The summed E-state index contributed by atoms with van der Waals surface area (Å²) >= 11 is 0. The number of hydrogen-bond acceptors (Lipinski definition) is 1. The van der Waals surface area contributed by atoms with E-state index in [0.29, 0.717) is 0 Å². The highest BCUT2D eigenvalue weighted by atomic mass is 14.9. The Morgan fingerprint density at radius 3 is 2.74 bits per heavy atom. The molecule has 0 aliphatic heterocycles. The molecule has 2 nitrogen and oxygen atoms in total. The Morgan fingerprint density at radius 1 is 0.947 bits per heavy atom. The van der Waals surface area contributed by atoms with Crippen LogP contribution in [0.4, 0.5) is 5.69 Å². The lowest BCUT2D eigenvalue weighted by atomic mass is 10.1. The summed E-state index contributed by atoms with van der Waals surface area (Å²) < 4.78 is 0. The molecule has 3 aromatic rings. The second-order valence-electron chi connectivity index (χ2n) is 4.80. The Morgan fingerprint density at radius 2 is 1.84 bits per heavy atom. The van der Waals surface area contributed by atoms with Gasteiger partial charge in [0.1, 0.15) is 0 Å². The van der Waals surface area contributed by atoms with Gasteiger partial charge in [-0.2, -0.15) is 0 Å². The number of aryl methyl sites for hydroxylation is 1. The largest absolute Gasteiger partial charge is 0.385 e. The molecule has 2 aromatic carbocycles. The van der Waals surface area contributed by atoms with Gasteiger partial charge in [-0.25, -0.2) is 0 Å². The lowest BCUT2D eigenvalue weighted by Gasteiger charge is -2.06. The van der Waals surface area contributed by atoms with E-state index in [2.05, 4.69) is 64.9 Å². The number of H-pyrrole nitrogens is 1. The molecule has 0 amide bonds. The van der Waals surface area contributed by atoms with Gasteiger partial charge in [-0.05, 0) is 42.7 Å². The third kappa shape index (κ3) is 2.97. The summed E-state index contributed by atoms with van der Waals surface area (Å²) in [6.45, 7) is 1.00. The Kier molecular flexibility index (Phi) is 3.50. The van der Waals surface area contributed by atoms with E-state index in [1.54, 1.807) is 0 Å². The van der Waals surface area contributed by atoms with Gasteiger partial charge in [0, 0.05) is 29.3 Å². The maximum absolute atomic E-state index is 3.48. The average Bonchev–Trinajstić information content (AvgIpc) is 2.92. The topological polar surface area (TPSA) is 27.8 Å². The van der Waals surface area contributed by atoms with Crippen LogP contribution in [-0.2, 0) is 6.42 Å². The van der Waals surface area contributed by atoms with E-state index in [-0.39, 0.29) is 0 Å². The fourth-order valence-electron chi connectivity index (χ4n) is 2.33. The van der Waals surface area contributed by atoms with Crippen LogP contribution < -0.4 is 5.32 Å². The maximum atomic E-state index is 3.48. The molecule has 2 N–H and O–H groups in total. The fraction of sp³-hybridized carbons (Fsp3) is 0.176. The molecule has 0 bridgehead atoms. The molecule has 3 rings (SSSR count). The first kappa shape index (κ1) is 11.8. The van der Waals surface area contributed by atoms with E-state index in [1.165, 1.54) is 22.2 Å². The Hall–Kier alpha value is -2.22. The highest BCUT2D eigenvalue weighted by Crippen LogP contribution is 2.17. The van der Waals surface area contributed by atoms with Crippen LogP contribution in [0.5, 0.6) is 0 Å². The lowest BCUT2D eigenvalue weighted by Crippen LogP contribution is -2.02. The van der Waals surface area contributed by atoms with Gasteiger partial charge in [-0.1, -0.05) is 30.3 Å². The number of benzene rings is 2. The molecule has 0 saturated heterocycles. The molecule has 0 fully saturated rings. The molecular weight excluding hydrogens is 232 g/mol. The van der Waals surface area contributed by atoms with Crippen molar-refractivity contribution in [2.24, 2.45) is 0 Å². The zero-order valence-electron chi connectivity index (χ0n) is 10.9. The summed E-state index contributed by atoms with van der Waals surface area (Å²) in [6.07, 6.45) is 4.25. The van der Waals surface area contributed by atoms with E-state index >= 15 is 0 Å². The van der Waals surface area contributed by atoms with Gasteiger partial charge >= 0.3 is 0 Å². The molecule has 0 spiro atoms. The molecule has 96 valence electrons. The maximum Gasteiger partial charge on any atom is 0.0455 e. The Bertz CT molecular complexity index is 640. The highest BCUT2D eigenvalue weighted by molar-refractivity contribution is 5.82. The zero-order chi connectivity index (χ0) is 12.9. The Labute approximate surface area is 113 Å². The number of aromatic nitrogens is 1. The monoisotopic (exact) mass is 250 g/mol. The molecule has 0 saturated carbocycles. The minimum atomic E-state index is 1.00. The smallest absolute Gasteiger partial charge is 0.0455 e. The Balaban J connectivity index is 1.52. The number of fused-ring (bicyclic) bond motifs is 1. The number of nitrogens with one attached hydrogen (secondary N) is 2. The summed E-state index contributed by atoms with van der Waals surface area (Å²) in [5, 5.41) is 4.74. The van der Waals surface area contributed by atoms with Gasteiger partial charge in [0.25, 0.3) is 0 Å². The molecule has 2 heteroatoms. The van der Waals surface area contributed by atoms with Crippen LogP contribution in [0.2, 0.25) is 0 Å². The van der Waals surface area contributed by atoms with Crippen molar-refractivity contribution >= 4 is 16.6 Å². The molecule has 0 atom stereocenters. The molecule has 0 unspecified atom stereocenters. The van der Waals surface area contributed by atoms with Crippen molar-refractivity contribution < 1.29 is 0 Å². The van der Waals surface area contributed by atoms with E-state index in [9.17, 15) is 0 Å². The van der Waals surface area contributed by atoms with Crippen LogP contribution in [-0.4, -0.2) is 11.5 Å². The molecule has 0 aliphatic carbocycles. The van der Waals surface area contributed by atoms with Crippen molar-refractivity contribution in [1.82, 2.24) is 4.98 Å².